The largest absolute Gasteiger partial charge is 0.357 e. The molecule has 4 aliphatic heterocycles. The molecule has 1 fully saturated rings. The predicted molar refractivity (Wildman–Crippen MR) is 96.7 cm³/mol. The number of nitrogens with one attached hydrogen (secondary N) is 2. The van der Waals surface area contributed by atoms with Crippen molar-refractivity contribution in [3.8, 4) is 0 Å². The lowest BCUT2D eigenvalue weighted by Crippen LogP contribution is -2.10. The van der Waals surface area contributed by atoms with Crippen LogP contribution in [-0.2, 0) is 4.74 Å². The molecule has 2 atom stereocenters. The zero-order valence-electron chi connectivity index (χ0n) is 13.2. The third-order valence-corrected chi connectivity index (χ3v) is 4.76. The number of fused-ring (bicyclic) bond motifs is 6. The van der Waals surface area contributed by atoms with Crippen LogP contribution >= 0.6 is 0 Å². The summed E-state index contributed by atoms with van der Waals surface area (Å²) >= 11 is 0. The maximum Gasteiger partial charge on any atom is 0.211 e. The first-order chi connectivity index (χ1) is 12.3. The monoisotopic (exact) mass is 326 g/mol. The van der Waals surface area contributed by atoms with Gasteiger partial charge < -0.3 is 14.7 Å². The van der Waals surface area contributed by atoms with E-state index < -0.39 is 5.72 Å². The van der Waals surface area contributed by atoms with Crippen LogP contribution in [0.1, 0.15) is 17.5 Å². The number of hydrogen-bond donors (Lipinski definition) is 2. The summed E-state index contributed by atoms with van der Waals surface area (Å²) in [5.74, 6) is 0. The van der Waals surface area contributed by atoms with Gasteiger partial charge in [-0.2, -0.15) is 0 Å². The lowest BCUT2D eigenvalue weighted by molar-refractivity contribution is 0.339. The Morgan fingerprint density at radius 2 is 1.80 bits per heavy atom. The molecule has 0 aromatic carbocycles. The Morgan fingerprint density at radius 3 is 2.76 bits per heavy atom. The maximum atomic E-state index is 5.91. The molecule has 2 unspecified atom stereocenters. The van der Waals surface area contributed by atoms with Crippen LogP contribution < -0.4 is 10.7 Å². The van der Waals surface area contributed by atoms with Gasteiger partial charge in [0.2, 0.25) is 5.72 Å². The summed E-state index contributed by atoms with van der Waals surface area (Å²) in [4.78, 5) is 16.2. The molecule has 0 saturated carbocycles. The van der Waals surface area contributed by atoms with Gasteiger partial charge in [0.15, 0.2) is 6.10 Å². The van der Waals surface area contributed by atoms with Crippen molar-refractivity contribution in [1.29, 1.82) is 0 Å². The van der Waals surface area contributed by atoms with Crippen molar-refractivity contribution in [2.45, 2.75) is 11.8 Å². The number of aromatic amines is 2. The van der Waals surface area contributed by atoms with E-state index in [-0.39, 0.29) is 6.10 Å². The molecule has 4 aliphatic rings. The van der Waals surface area contributed by atoms with E-state index in [0.717, 1.165) is 39.2 Å². The van der Waals surface area contributed by atoms with Gasteiger partial charge >= 0.3 is 0 Å². The van der Waals surface area contributed by atoms with E-state index in [0.29, 0.717) is 0 Å². The Kier molecular flexibility index (Phi) is 2.35. The summed E-state index contributed by atoms with van der Waals surface area (Å²) in [6.45, 7) is 0. The van der Waals surface area contributed by atoms with Gasteiger partial charge in [-0.15, -0.1) is 0 Å². The van der Waals surface area contributed by atoms with Gasteiger partial charge in [0, 0.05) is 16.4 Å². The lowest BCUT2D eigenvalue weighted by Gasteiger charge is -1.96. The van der Waals surface area contributed by atoms with Gasteiger partial charge in [-0.3, -0.25) is 0 Å². The first kappa shape index (κ1) is 13.1. The molecule has 120 valence electrons. The maximum absolute atomic E-state index is 5.91. The predicted octanol–water partition coefficient (Wildman–Crippen LogP) is 1.64. The van der Waals surface area contributed by atoms with Gasteiger partial charge in [0.1, 0.15) is 0 Å². The Morgan fingerprint density at radius 1 is 0.880 bits per heavy atom. The zero-order valence-corrected chi connectivity index (χ0v) is 13.2. The topological polar surface area (TPSA) is 68.8 Å². The Bertz CT molecular complexity index is 1180. The van der Waals surface area contributed by atoms with E-state index in [2.05, 4.69) is 45.3 Å². The number of hydrogen-bond acceptors (Lipinski definition) is 3. The van der Waals surface area contributed by atoms with Crippen molar-refractivity contribution < 1.29 is 4.74 Å². The highest BCUT2D eigenvalue weighted by molar-refractivity contribution is 6.19. The molecule has 2 N–H and O–H groups in total. The summed E-state index contributed by atoms with van der Waals surface area (Å²) in [6.07, 6.45) is 14.1. The van der Waals surface area contributed by atoms with Crippen molar-refractivity contribution in [2.24, 2.45) is 9.98 Å². The number of rotatable bonds is 0. The van der Waals surface area contributed by atoms with Crippen LogP contribution in [0.3, 0.4) is 0 Å². The Hall–Kier alpha value is -3.18. The molecule has 0 radical (unpaired) electrons. The second kappa shape index (κ2) is 4.46. The van der Waals surface area contributed by atoms with Crippen LogP contribution in [0.25, 0.3) is 12.2 Å². The lowest BCUT2D eigenvalue weighted by atomic mass is 10.2. The van der Waals surface area contributed by atoms with Gasteiger partial charge in [-0.25, -0.2) is 9.98 Å². The highest BCUT2D eigenvalue weighted by Crippen LogP contribution is 2.53. The number of aliphatic imine (C=N–C) groups is 2. The van der Waals surface area contributed by atoms with Gasteiger partial charge in [-0.1, -0.05) is 0 Å². The molecule has 5 heteroatoms. The molecule has 5 nitrogen and oxygen atoms in total. The van der Waals surface area contributed by atoms with Crippen LogP contribution in [0, 0.1) is 0 Å². The normalized spacial score (nSPS) is 27.8. The Balaban J connectivity index is 1.55. The van der Waals surface area contributed by atoms with E-state index >= 15 is 0 Å². The summed E-state index contributed by atoms with van der Waals surface area (Å²) in [5.41, 5.74) is 4.24. The average Bonchev–Trinajstić information content (AvgIpc) is 3.13. The Labute approximate surface area is 143 Å². The number of H-pyrrole nitrogens is 2. The van der Waals surface area contributed by atoms with E-state index in [1.807, 2.05) is 36.5 Å². The minimum Gasteiger partial charge on any atom is -0.357 e. The molecule has 25 heavy (non-hydrogen) atoms. The standard InChI is InChI=1S/C20H14N4O/c1-2-14-10-16-5-6-18(23-16)19-20(25-19)8-7-17(24-20)11-15-4-3-13(22-15)9-12(1)21-14/h1-11,19,21,23H. The van der Waals surface area contributed by atoms with Gasteiger partial charge in [0.05, 0.1) is 22.8 Å². The zero-order chi connectivity index (χ0) is 16.4. The molecule has 1 saturated heterocycles. The second-order valence-corrected chi connectivity index (χ2v) is 6.59. The molecule has 6 heterocycles. The average molecular weight is 326 g/mol. The number of allylic oxidation sites excluding steroid dienone is 4. The van der Waals surface area contributed by atoms with E-state index in [1.54, 1.807) is 0 Å². The summed E-state index contributed by atoms with van der Waals surface area (Å²) in [6, 6.07) is 8.24. The molecule has 1 spiro atoms. The van der Waals surface area contributed by atoms with E-state index in [9.17, 15) is 0 Å². The number of ether oxygens (including phenoxy) is 1. The van der Waals surface area contributed by atoms with E-state index in [4.69, 9.17) is 9.73 Å². The minimum absolute atomic E-state index is 0.0552. The summed E-state index contributed by atoms with van der Waals surface area (Å²) < 4.78 is 5.91. The SMILES string of the molecule is C1=CC2=NC1=CC1=NC3(C=C1)OC3c1ccc([nH]1)C=c1ccc([nH]1)=C2. The van der Waals surface area contributed by atoms with Crippen molar-refractivity contribution in [3.05, 3.63) is 82.4 Å². The smallest absolute Gasteiger partial charge is 0.211 e. The van der Waals surface area contributed by atoms with Crippen LogP contribution in [0.15, 0.2) is 70.3 Å². The highest BCUT2D eigenvalue weighted by atomic mass is 16.6. The number of epoxide rings is 1. The number of aromatic nitrogens is 2. The molecular weight excluding hydrogens is 312 g/mol. The molecule has 0 amide bonds. The molecule has 6 rings (SSSR count). The van der Waals surface area contributed by atoms with Crippen molar-refractivity contribution in [2.75, 3.05) is 0 Å². The fraction of sp³-hybridized carbons (Fsp3) is 0.100. The minimum atomic E-state index is -0.549. The van der Waals surface area contributed by atoms with Gasteiger partial charge in [0.25, 0.3) is 0 Å². The molecule has 2 aromatic heterocycles. The van der Waals surface area contributed by atoms with Crippen LogP contribution in [-0.4, -0.2) is 27.1 Å². The first-order valence-electron chi connectivity index (χ1n) is 8.29. The van der Waals surface area contributed by atoms with Crippen LogP contribution in [0.2, 0.25) is 0 Å². The fourth-order valence-corrected chi connectivity index (χ4v) is 3.51. The van der Waals surface area contributed by atoms with Crippen LogP contribution in [0.4, 0.5) is 0 Å². The fourth-order valence-electron chi connectivity index (χ4n) is 3.51. The second-order valence-electron chi connectivity index (χ2n) is 6.59. The van der Waals surface area contributed by atoms with Crippen molar-refractivity contribution in [1.82, 2.24) is 9.97 Å². The van der Waals surface area contributed by atoms with Crippen LogP contribution in [0.5, 0.6) is 0 Å². The summed E-state index contributed by atoms with van der Waals surface area (Å²) in [7, 11) is 0. The summed E-state index contributed by atoms with van der Waals surface area (Å²) in [5, 5.41) is 2.06. The quantitative estimate of drug-likeness (QED) is 0.710. The van der Waals surface area contributed by atoms with Gasteiger partial charge in [-0.05, 0) is 66.8 Å². The molecule has 2 aromatic rings. The molecular formula is C20H14N4O. The third-order valence-electron chi connectivity index (χ3n) is 4.76. The molecule has 8 bridgehead atoms. The van der Waals surface area contributed by atoms with Crippen molar-refractivity contribution in [3.63, 3.8) is 0 Å². The highest BCUT2D eigenvalue weighted by Gasteiger charge is 2.58. The van der Waals surface area contributed by atoms with E-state index in [1.165, 1.54) is 0 Å². The first-order valence-corrected chi connectivity index (χ1v) is 8.29. The molecule has 0 aliphatic carbocycles. The third kappa shape index (κ3) is 2.06. The van der Waals surface area contributed by atoms with Crippen molar-refractivity contribution >= 4 is 23.6 Å². The number of nitrogens with zero attached hydrogens (tertiary/aromatic N) is 2.